The number of halogens is 1. The zero-order valence-electron chi connectivity index (χ0n) is 12.0. The molecule has 8 heteroatoms. The molecule has 0 aliphatic carbocycles. The third-order valence-electron chi connectivity index (χ3n) is 2.77. The van der Waals surface area contributed by atoms with Gasteiger partial charge < -0.3 is 20.4 Å². The molecule has 0 amide bonds. The number of ether oxygens (including phenoxy) is 1. The Labute approximate surface area is 140 Å². The Bertz CT molecular complexity index is 598. The number of guanidine groups is 1. The summed E-state index contributed by atoms with van der Waals surface area (Å²) < 4.78 is 7.06. The zero-order chi connectivity index (χ0) is 14.4. The first kappa shape index (κ1) is 17.2. The van der Waals surface area contributed by atoms with Gasteiger partial charge in [0, 0.05) is 18.3 Å². The Hall–Kier alpha value is -1.84. The summed E-state index contributed by atoms with van der Waals surface area (Å²) in [6.07, 6.45) is 1.68. The standard InChI is InChI=1S/C13H18N6O.HI/c1-3-19-9-16-18-12(19)8-15-13(14)17-10-5-4-6-11(7-10)20-2;/h4-7,9H,3,8H2,1-2H3,(H3,14,15,17);1H. The van der Waals surface area contributed by atoms with Gasteiger partial charge in [-0.2, -0.15) is 0 Å². The van der Waals surface area contributed by atoms with Crippen LogP contribution < -0.4 is 15.8 Å². The normalized spacial score (nSPS) is 10.9. The van der Waals surface area contributed by atoms with Gasteiger partial charge >= 0.3 is 0 Å². The number of hydrogen-bond donors (Lipinski definition) is 2. The Kier molecular flexibility index (Phi) is 6.92. The molecule has 0 fully saturated rings. The van der Waals surface area contributed by atoms with Gasteiger partial charge in [0.2, 0.25) is 0 Å². The molecule has 2 aromatic rings. The number of nitrogens with one attached hydrogen (secondary N) is 1. The van der Waals surface area contributed by atoms with E-state index in [0.717, 1.165) is 23.8 Å². The van der Waals surface area contributed by atoms with Crippen molar-refractivity contribution >= 4 is 35.6 Å². The van der Waals surface area contributed by atoms with Crippen LogP contribution in [0.1, 0.15) is 12.7 Å². The molecule has 0 unspecified atom stereocenters. The monoisotopic (exact) mass is 402 g/mol. The van der Waals surface area contributed by atoms with E-state index in [-0.39, 0.29) is 24.0 Å². The van der Waals surface area contributed by atoms with Gasteiger partial charge in [-0.15, -0.1) is 34.2 Å². The predicted octanol–water partition coefficient (Wildman–Crippen LogP) is 1.85. The lowest BCUT2D eigenvalue weighted by atomic mass is 10.3. The number of rotatable bonds is 5. The van der Waals surface area contributed by atoms with Crippen LogP contribution >= 0.6 is 24.0 Å². The second kappa shape index (κ2) is 8.45. The molecule has 0 radical (unpaired) electrons. The van der Waals surface area contributed by atoms with Gasteiger partial charge in [-0.3, -0.25) is 0 Å². The van der Waals surface area contributed by atoms with E-state index in [2.05, 4.69) is 20.5 Å². The molecule has 0 atom stereocenters. The fourth-order valence-corrected chi connectivity index (χ4v) is 1.71. The average Bonchev–Trinajstić information content (AvgIpc) is 2.93. The van der Waals surface area contributed by atoms with Crippen LogP contribution in [0.3, 0.4) is 0 Å². The molecule has 0 saturated carbocycles. The topological polar surface area (TPSA) is 90.4 Å². The highest BCUT2D eigenvalue weighted by atomic mass is 127. The molecule has 0 aliphatic rings. The fraction of sp³-hybridized carbons (Fsp3) is 0.308. The molecule has 0 aliphatic heterocycles. The van der Waals surface area contributed by atoms with Crippen LogP contribution in [0, 0.1) is 0 Å². The lowest BCUT2D eigenvalue weighted by molar-refractivity contribution is 0.415. The maximum absolute atomic E-state index is 5.85. The van der Waals surface area contributed by atoms with Crippen molar-refractivity contribution in [2.24, 2.45) is 10.7 Å². The van der Waals surface area contributed by atoms with Gasteiger partial charge in [0.25, 0.3) is 0 Å². The first-order valence-electron chi connectivity index (χ1n) is 6.30. The maximum atomic E-state index is 5.85. The van der Waals surface area contributed by atoms with Crippen molar-refractivity contribution < 1.29 is 4.74 Å². The third-order valence-corrected chi connectivity index (χ3v) is 2.77. The van der Waals surface area contributed by atoms with E-state index in [1.807, 2.05) is 35.8 Å². The Balaban J connectivity index is 0.00000220. The highest BCUT2D eigenvalue weighted by molar-refractivity contribution is 14.0. The minimum Gasteiger partial charge on any atom is -0.497 e. The smallest absolute Gasteiger partial charge is 0.193 e. The first-order chi connectivity index (χ1) is 9.72. The minimum atomic E-state index is 0. The molecule has 7 nitrogen and oxygen atoms in total. The number of nitrogens with zero attached hydrogens (tertiary/aromatic N) is 4. The summed E-state index contributed by atoms with van der Waals surface area (Å²) in [5.41, 5.74) is 6.67. The molecule has 1 aromatic carbocycles. The van der Waals surface area contributed by atoms with E-state index in [9.17, 15) is 0 Å². The Morgan fingerprint density at radius 2 is 2.29 bits per heavy atom. The number of nitrogens with two attached hydrogens (primary N) is 1. The van der Waals surface area contributed by atoms with E-state index < -0.39 is 0 Å². The maximum Gasteiger partial charge on any atom is 0.193 e. The lowest BCUT2D eigenvalue weighted by Crippen LogP contribution is -2.22. The second-order valence-corrected chi connectivity index (χ2v) is 4.09. The molecular formula is C13H19IN6O. The van der Waals surface area contributed by atoms with Gasteiger partial charge in [0.15, 0.2) is 11.8 Å². The number of benzene rings is 1. The van der Waals surface area contributed by atoms with E-state index in [1.165, 1.54) is 0 Å². The Morgan fingerprint density at radius 3 is 3.00 bits per heavy atom. The van der Waals surface area contributed by atoms with E-state index in [0.29, 0.717) is 12.5 Å². The van der Waals surface area contributed by atoms with Gasteiger partial charge in [-0.25, -0.2) is 4.99 Å². The summed E-state index contributed by atoms with van der Waals surface area (Å²) in [5.74, 6) is 1.86. The summed E-state index contributed by atoms with van der Waals surface area (Å²) in [4.78, 5) is 4.25. The minimum absolute atomic E-state index is 0. The van der Waals surface area contributed by atoms with Crippen molar-refractivity contribution in [3.8, 4) is 5.75 Å². The quantitative estimate of drug-likeness (QED) is 0.453. The van der Waals surface area contributed by atoms with Crippen molar-refractivity contribution in [1.29, 1.82) is 0 Å². The van der Waals surface area contributed by atoms with Crippen LogP contribution in [0.15, 0.2) is 35.6 Å². The van der Waals surface area contributed by atoms with Crippen molar-refractivity contribution in [2.75, 3.05) is 12.4 Å². The van der Waals surface area contributed by atoms with Crippen molar-refractivity contribution in [3.63, 3.8) is 0 Å². The lowest BCUT2D eigenvalue weighted by Gasteiger charge is -2.07. The predicted molar refractivity (Wildman–Crippen MR) is 93.1 cm³/mol. The van der Waals surface area contributed by atoms with Gasteiger partial charge in [0.1, 0.15) is 18.6 Å². The summed E-state index contributed by atoms with van der Waals surface area (Å²) >= 11 is 0. The van der Waals surface area contributed by atoms with E-state index in [4.69, 9.17) is 10.5 Å². The third kappa shape index (κ3) is 4.88. The molecule has 0 saturated heterocycles. The van der Waals surface area contributed by atoms with Crippen molar-refractivity contribution in [2.45, 2.75) is 20.0 Å². The molecule has 0 bridgehead atoms. The summed E-state index contributed by atoms with van der Waals surface area (Å²) in [6, 6.07) is 7.47. The summed E-state index contributed by atoms with van der Waals surface area (Å²) in [6.45, 7) is 3.21. The van der Waals surface area contributed by atoms with Crippen molar-refractivity contribution in [3.05, 3.63) is 36.4 Å². The molecule has 114 valence electrons. The van der Waals surface area contributed by atoms with Crippen LogP contribution in [0.25, 0.3) is 0 Å². The molecule has 2 rings (SSSR count). The number of aryl methyl sites for hydroxylation is 1. The number of methoxy groups -OCH3 is 1. The first-order valence-corrected chi connectivity index (χ1v) is 6.30. The zero-order valence-corrected chi connectivity index (χ0v) is 14.3. The largest absolute Gasteiger partial charge is 0.497 e. The summed E-state index contributed by atoms with van der Waals surface area (Å²) in [5, 5.41) is 10.8. The summed E-state index contributed by atoms with van der Waals surface area (Å²) in [7, 11) is 1.62. The number of anilines is 1. The van der Waals surface area contributed by atoms with Crippen LogP contribution in [0.2, 0.25) is 0 Å². The molecular weight excluding hydrogens is 383 g/mol. The average molecular weight is 402 g/mol. The molecule has 1 heterocycles. The van der Waals surface area contributed by atoms with Crippen LogP contribution in [-0.2, 0) is 13.1 Å². The van der Waals surface area contributed by atoms with E-state index in [1.54, 1.807) is 13.4 Å². The van der Waals surface area contributed by atoms with Crippen LogP contribution in [0.4, 0.5) is 5.69 Å². The number of hydrogen-bond acceptors (Lipinski definition) is 4. The van der Waals surface area contributed by atoms with Crippen LogP contribution in [-0.4, -0.2) is 27.8 Å². The molecule has 0 spiro atoms. The molecule has 21 heavy (non-hydrogen) atoms. The number of aliphatic imine (C=N–C) groups is 1. The van der Waals surface area contributed by atoms with Crippen molar-refractivity contribution in [1.82, 2.24) is 14.8 Å². The SMILES string of the molecule is CCn1cnnc1CN=C(N)Nc1cccc(OC)c1.I. The molecule has 1 aromatic heterocycles. The fourth-order valence-electron chi connectivity index (χ4n) is 1.71. The van der Waals surface area contributed by atoms with Gasteiger partial charge in [-0.05, 0) is 19.1 Å². The second-order valence-electron chi connectivity index (χ2n) is 4.09. The van der Waals surface area contributed by atoms with Gasteiger partial charge in [0.05, 0.1) is 7.11 Å². The van der Waals surface area contributed by atoms with Crippen LogP contribution in [0.5, 0.6) is 5.75 Å². The number of aromatic nitrogens is 3. The van der Waals surface area contributed by atoms with E-state index >= 15 is 0 Å². The van der Waals surface area contributed by atoms with Gasteiger partial charge in [-0.1, -0.05) is 6.07 Å². The Morgan fingerprint density at radius 1 is 1.48 bits per heavy atom. The molecule has 3 N–H and O–H groups in total. The highest BCUT2D eigenvalue weighted by Crippen LogP contribution is 2.16. The highest BCUT2D eigenvalue weighted by Gasteiger charge is 2.02.